The number of rotatable bonds is 3. The van der Waals surface area contributed by atoms with Crippen molar-refractivity contribution in [2.45, 2.75) is 13.5 Å². The zero-order chi connectivity index (χ0) is 12.3. The van der Waals surface area contributed by atoms with Crippen LogP contribution in [0.2, 0.25) is 0 Å². The minimum Gasteiger partial charge on any atom is -0.436 e. The summed E-state index contributed by atoms with van der Waals surface area (Å²) in [6.07, 6.45) is 0. The van der Waals surface area contributed by atoms with E-state index in [2.05, 4.69) is 4.98 Å². The molecule has 0 aliphatic carbocycles. The Morgan fingerprint density at radius 3 is 2.76 bits per heavy atom. The lowest BCUT2D eigenvalue weighted by Gasteiger charge is -2.07. The molecule has 0 radical (unpaired) electrons. The molecule has 0 bridgehead atoms. The van der Waals surface area contributed by atoms with Gasteiger partial charge in [0.1, 0.15) is 0 Å². The molecule has 2 aromatic rings. The Bertz CT molecular complexity index is 529. The Labute approximate surface area is 98.5 Å². The molecule has 2 rings (SSSR count). The number of aliphatic hydroxyl groups is 1. The maximum atomic E-state index is 13.7. The Kier molecular flexibility index (Phi) is 3.35. The molecule has 4 heteroatoms. The summed E-state index contributed by atoms with van der Waals surface area (Å²) < 4.78 is 19.0. The van der Waals surface area contributed by atoms with E-state index < -0.39 is 5.82 Å². The van der Waals surface area contributed by atoms with Gasteiger partial charge in [0.25, 0.3) is 0 Å². The molecule has 0 saturated carbocycles. The van der Waals surface area contributed by atoms with Gasteiger partial charge in [-0.15, -0.1) is 0 Å². The van der Waals surface area contributed by atoms with Crippen LogP contribution in [0.4, 0.5) is 4.39 Å². The minimum atomic E-state index is -0.399. The molecule has 0 fully saturated rings. The third-order valence-electron chi connectivity index (χ3n) is 2.31. The smallest absolute Gasteiger partial charge is 0.219 e. The van der Waals surface area contributed by atoms with Gasteiger partial charge in [0, 0.05) is 6.07 Å². The van der Waals surface area contributed by atoms with Gasteiger partial charge in [-0.2, -0.15) is 0 Å². The molecule has 88 valence electrons. The normalized spacial score (nSPS) is 10.3. The van der Waals surface area contributed by atoms with Gasteiger partial charge in [0.05, 0.1) is 12.3 Å². The number of nitrogens with zero attached hydrogens (tertiary/aromatic N) is 1. The highest BCUT2D eigenvalue weighted by molar-refractivity contribution is 5.33. The first kappa shape index (κ1) is 11.5. The minimum absolute atomic E-state index is 0.132. The van der Waals surface area contributed by atoms with E-state index in [1.807, 2.05) is 0 Å². The molecule has 0 aliphatic rings. The fourth-order valence-electron chi connectivity index (χ4n) is 1.41. The van der Waals surface area contributed by atoms with Crippen LogP contribution < -0.4 is 4.74 Å². The van der Waals surface area contributed by atoms with E-state index in [4.69, 9.17) is 9.84 Å². The number of halogens is 1. The summed E-state index contributed by atoms with van der Waals surface area (Å²) in [5, 5.41) is 8.93. The second-order valence-corrected chi connectivity index (χ2v) is 3.61. The fraction of sp³-hybridized carbons (Fsp3) is 0.154. The second kappa shape index (κ2) is 4.93. The molecular weight excluding hydrogens is 221 g/mol. The lowest BCUT2D eigenvalue weighted by molar-refractivity contribution is 0.275. The SMILES string of the molecule is Cc1cccc(Oc2cccc(CO)n2)c1F. The summed E-state index contributed by atoms with van der Waals surface area (Å²) in [6.45, 7) is 1.49. The van der Waals surface area contributed by atoms with E-state index >= 15 is 0 Å². The summed E-state index contributed by atoms with van der Waals surface area (Å²) in [6, 6.07) is 9.89. The summed E-state index contributed by atoms with van der Waals surface area (Å²) >= 11 is 0. The van der Waals surface area contributed by atoms with Crippen molar-refractivity contribution in [3.05, 3.63) is 53.5 Å². The van der Waals surface area contributed by atoms with Crippen molar-refractivity contribution in [3.8, 4) is 11.6 Å². The van der Waals surface area contributed by atoms with Crippen molar-refractivity contribution in [2.75, 3.05) is 0 Å². The quantitative estimate of drug-likeness (QED) is 0.886. The number of hydrogen-bond acceptors (Lipinski definition) is 3. The van der Waals surface area contributed by atoms with Crippen LogP contribution in [-0.4, -0.2) is 10.1 Å². The van der Waals surface area contributed by atoms with Crippen LogP contribution >= 0.6 is 0 Å². The van der Waals surface area contributed by atoms with Gasteiger partial charge in [-0.3, -0.25) is 0 Å². The topological polar surface area (TPSA) is 42.4 Å². The van der Waals surface area contributed by atoms with E-state index in [0.29, 0.717) is 11.3 Å². The summed E-state index contributed by atoms with van der Waals surface area (Å²) in [5.41, 5.74) is 0.997. The first-order chi connectivity index (χ1) is 8.20. The maximum absolute atomic E-state index is 13.7. The number of aromatic nitrogens is 1. The molecule has 0 atom stereocenters. The van der Waals surface area contributed by atoms with Crippen LogP contribution in [0.15, 0.2) is 36.4 Å². The molecule has 0 unspecified atom stereocenters. The Hall–Kier alpha value is -1.94. The third kappa shape index (κ3) is 2.60. The molecule has 1 aromatic heterocycles. The van der Waals surface area contributed by atoms with Gasteiger partial charge in [-0.05, 0) is 24.6 Å². The third-order valence-corrected chi connectivity index (χ3v) is 2.31. The van der Waals surface area contributed by atoms with Crippen molar-refractivity contribution in [1.29, 1.82) is 0 Å². The van der Waals surface area contributed by atoms with Gasteiger partial charge in [0.2, 0.25) is 5.88 Å². The predicted octanol–water partition coefficient (Wildman–Crippen LogP) is 2.81. The molecule has 1 heterocycles. The van der Waals surface area contributed by atoms with Crippen molar-refractivity contribution in [3.63, 3.8) is 0 Å². The van der Waals surface area contributed by atoms with Gasteiger partial charge in [0.15, 0.2) is 11.6 Å². The number of hydrogen-bond donors (Lipinski definition) is 1. The lowest BCUT2D eigenvalue weighted by atomic mass is 10.2. The summed E-state index contributed by atoms with van der Waals surface area (Å²) in [5.74, 6) is -0.00246. The lowest BCUT2D eigenvalue weighted by Crippen LogP contribution is -1.95. The Balaban J connectivity index is 2.28. The van der Waals surface area contributed by atoms with E-state index in [9.17, 15) is 4.39 Å². The first-order valence-corrected chi connectivity index (χ1v) is 5.20. The van der Waals surface area contributed by atoms with Crippen LogP contribution in [0.25, 0.3) is 0 Å². The first-order valence-electron chi connectivity index (χ1n) is 5.20. The molecule has 1 N–H and O–H groups in total. The maximum Gasteiger partial charge on any atom is 0.219 e. The van der Waals surface area contributed by atoms with E-state index in [1.54, 1.807) is 37.3 Å². The van der Waals surface area contributed by atoms with Gasteiger partial charge < -0.3 is 9.84 Å². The van der Waals surface area contributed by atoms with E-state index in [-0.39, 0.29) is 18.2 Å². The summed E-state index contributed by atoms with van der Waals surface area (Å²) in [7, 11) is 0. The van der Waals surface area contributed by atoms with Gasteiger partial charge in [-0.1, -0.05) is 18.2 Å². The van der Waals surface area contributed by atoms with Crippen molar-refractivity contribution in [2.24, 2.45) is 0 Å². The van der Waals surface area contributed by atoms with Crippen molar-refractivity contribution in [1.82, 2.24) is 4.98 Å². The molecule has 0 amide bonds. The van der Waals surface area contributed by atoms with Gasteiger partial charge in [-0.25, -0.2) is 9.37 Å². The number of aryl methyl sites for hydroxylation is 1. The molecule has 3 nitrogen and oxygen atoms in total. The predicted molar refractivity (Wildman–Crippen MR) is 61.4 cm³/mol. The number of aliphatic hydroxyl groups excluding tert-OH is 1. The van der Waals surface area contributed by atoms with Gasteiger partial charge >= 0.3 is 0 Å². The largest absolute Gasteiger partial charge is 0.436 e. The van der Waals surface area contributed by atoms with Crippen LogP contribution in [0.1, 0.15) is 11.3 Å². The molecule has 0 saturated heterocycles. The second-order valence-electron chi connectivity index (χ2n) is 3.61. The van der Waals surface area contributed by atoms with Crippen LogP contribution in [0.5, 0.6) is 11.6 Å². The zero-order valence-electron chi connectivity index (χ0n) is 9.35. The molecular formula is C13H12FNO2. The number of ether oxygens (including phenoxy) is 1. The molecule has 17 heavy (non-hydrogen) atoms. The standard InChI is InChI=1S/C13H12FNO2/c1-9-4-2-6-11(13(9)14)17-12-7-3-5-10(8-16)15-12/h2-7,16H,8H2,1H3. The molecule has 0 spiro atoms. The highest BCUT2D eigenvalue weighted by atomic mass is 19.1. The molecule has 1 aromatic carbocycles. The summed E-state index contributed by atoms with van der Waals surface area (Å²) in [4.78, 5) is 4.02. The van der Waals surface area contributed by atoms with E-state index in [1.165, 1.54) is 6.07 Å². The Morgan fingerprint density at radius 2 is 2.00 bits per heavy atom. The number of pyridine rings is 1. The average molecular weight is 233 g/mol. The van der Waals surface area contributed by atoms with Crippen LogP contribution in [0.3, 0.4) is 0 Å². The number of benzene rings is 1. The van der Waals surface area contributed by atoms with E-state index in [0.717, 1.165) is 0 Å². The van der Waals surface area contributed by atoms with Crippen molar-refractivity contribution < 1.29 is 14.2 Å². The monoisotopic (exact) mass is 233 g/mol. The molecule has 0 aliphatic heterocycles. The fourth-order valence-corrected chi connectivity index (χ4v) is 1.41. The average Bonchev–Trinajstić information content (AvgIpc) is 2.35. The van der Waals surface area contributed by atoms with Crippen molar-refractivity contribution >= 4 is 0 Å². The zero-order valence-corrected chi connectivity index (χ0v) is 9.35. The highest BCUT2D eigenvalue weighted by Crippen LogP contribution is 2.24. The van der Waals surface area contributed by atoms with Crippen LogP contribution in [0, 0.1) is 12.7 Å². The van der Waals surface area contributed by atoms with Crippen LogP contribution in [-0.2, 0) is 6.61 Å². The highest BCUT2D eigenvalue weighted by Gasteiger charge is 2.07. The Morgan fingerprint density at radius 1 is 1.24 bits per heavy atom.